The van der Waals surface area contributed by atoms with E-state index in [1.54, 1.807) is 29.5 Å². The largest absolute Gasteiger partial charge is 0.482 e. The number of carbonyl (C=O) groups is 1. The Morgan fingerprint density at radius 2 is 1.93 bits per heavy atom. The van der Waals surface area contributed by atoms with Crippen molar-refractivity contribution in [3.05, 3.63) is 63.0 Å². The molecule has 29 heavy (non-hydrogen) atoms. The van der Waals surface area contributed by atoms with E-state index >= 15 is 0 Å². The maximum Gasteiger partial charge on any atom is 0.262 e. The van der Waals surface area contributed by atoms with Gasteiger partial charge in [-0.15, -0.1) is 22.7 Å². The second-order valence-corrected chi connectivity index (χ2v) is 9.48. The van der Waals surface area contributed by atoms with Crippen LogP contribution in [0.2, 0.25) is 10.0 Å². The maximum absolute atomic E-state index is 12.5. The fourth-order valence-electron chi connectivity index (χ4n) is 2.85. The van der Waals surface area contributed by atoms with Crippen molar-refractivity contribution in [3.8, 4) is 16.3 Å². The Balaban J connectivity index is 1.56. The Kier molecular flexibility index (Phi) is 5.79. The van der Waals surface area contributed by atoms with Crippen LogP contribution in [0.5, 0.6) is 5.75 Å². The third kappa shape index (κ3) is 4.26. The van der Waals surface area contributed by atoms with Crippen molar-refractivity contribution in [1.29, 1.82) is 0 Å². The first kappa shape index (κ1) is 20.2. The molecule has 0 aliphatic heterocycles. The number of nitrogens with one attached hydrogen (secondary N) is 1. The molecule has 0 aliphatic carbocycles. The molecule has 2 aromatic heterocycles. The third-order valence-electron chi connectivity index (χ3n) is 4.40. The first-order valence-corrected chi connectivity index (χ1v) is 11.1. The zero-order valence-corrected chi connectivity index (χ0v) is 18.7. The quantitative estimate of drug-likeness (QED) is 0.348. The van der Waals surface area contributed by atoms with Crippen molar-refractivity contribution >= 4 is 67.0 Å². The molecule has 0 saturated carbocycles. The number of ether oxygens (including phenoxy) is 1. The highest BCUT2D eigenvalue weighted by molar-refractivity contribution is 7.22. The first-order valence-electron chi connectivity index (χ1n) is 8.76. The lowest BCUT2D eigenvalue weighted by Crippen LogP contribution is -2.20. The van der Waals surface area contributed by atoms with Crippen molar-refractivity contribution in [1.82, 2.24) is 4.98 Å². The number of aromatic nitrogens is 1. The number of carbonyl (C=O) groups excluding carboxylic acids is 1. The zero-order valence-electron chi connectivity index (χ0n) is 15.6. The summed E-state index contributed by atoms with van der Waals surface area (Å²) in [5.74, 6) is 0.149. The van der Waals surface area contributed by atoms with Gasteiger partial charge in [0.15, 0.2) is 6.61 Å². The molecule has 2 aromatic carbocycles. The van der Waals surface area contributed by atoms with Gasteiger partial charge in [-0.25, -0.2) is 4.98 Å². The molecule has 4 aromatic rings. The minimum absolute atomic E-state index is 0.156. The number of aryl methyl sites for hydroxylation is 1. The Morgan fingerprint density at radius 3 is 2.69 bits per heavy atom. The predicted molar refractivity (Wildman–Crippen MR) is 123 cm³/mol. The fraction of sp³-hybridized carbons (Fsp3) is 0.143. The van der Waals surface area contributed by atoms with Gasteiger partial charge in [-0.3, -0.25) is 4.79 Å². The van der Waals surface area contributed by atoms with Gasteiger partial charge in [-0.2, -0.15) is 0 Å². The van der Waals surface area contributed by atoms with E-state index in [-0.39, 0.29) is 12.5 Å². The van der Waals surface area contributed by atoms with E-state index in [0.717, 1.165) is 36.2 Å². The molecule has 0 unspecified atom stereocenters. The van der Waals surface area contributed by atoms with Crippen LogP contribution < -0.4 is 10.1 Å². The summed E-state index contributed by atoms with van der Waals surface area (Å²) in [6.07, 6.45) is 0. The topological polar surface area (TPSA) is 51.2 Å². The molecule has 0 spiro atoms. The molecule has 1 amide bonds. The molecule has 4 rings (SSSR count). The van der Waals surface area contributed by atoms with Crippen LogP contribution in [0.1, 0.15) is 10.4 Å². The predicted octanol–water partition coefficient (Wildman–Crippen LogP) is 6.97. The zero-order chi connectivity index (χ0) is 20.5. The van der Waals surface area contributed by atoms with Crippen molar-refractivity contribution in [2.24, 2.45) is 0 Å². The Bertz CT molecular complexity index is 1180. The van der Waals surface area contributed by atoms with E-state index in [2.05, 4.69) is 5.32 Å². The molecule has 0 aliphatic rings. The van der Waals surface area contributed by atoms with Gasteiger partial charge >= 0.3 is 0 Å². The number of halogens is 2. The van der Waals surface area contributed by atoms with E-state index in [1.807, 2.05) is 38.1 Å². The lowest BCUT2D eigenvalue weighted by molar-refractivity contribution is -0.118. The number of nitrogens with zero attached hydrogens (tertiary/aromatic N) is 1. The summed E-state index contributed by atoms with van der Waals surface area (Å²) in [7, 11) is 0. The number of thiophene rings is 1. The summed E-state index contributed by atoms with van der Waals surface area (Å²) in [6.45, 7) is 3.93. The third-order valence-corrected chi connectivity index (χ3v) is 7.11. The van der Waals surface area contributed by atoms with E-state index in [0.29, 0.717) is 15.8 Å². The maximum atomic E-state index is 12.5. The van der Waals surface area contributed by atoms with Crippen LogP contribution in [0.4, 0.5) is 5.00 Å². The highest BCUT2D eigenvalue weighted by Crippen LogP contribution is 2.43. The minimum atomic E-state index is -0.264. The second kappa shape index (κ2) is 8.32. The van der Waals surface area contributed by atoms with Gasteiger partial charge in [0.1, 0.15) is 15.8 Å². The molecule has 4 nitrogen and oxygen atoms in total. The van der Waals surface area contributed by atoms with Gasteiger partial charge in [0.25, 0.3) is 5.91 Å². The van der Waals surface area contributed by atoms with Crippen LogP contribution in [0.15, 0.2) is 42.5 Å². The highest BCUT2D eigenvalue weighted by atomic mass is 35.5. The second-order valence-electron chi connectivity index (χ2n) is 6.39. The van der Waals surface area contributed by atoms with Gasteiger partial charge in [-0.1, -0.05) is 35.3 Å². The van der Waals surface area contributed by atoms with Crippen LogP contribution in [0, 0.1) is 13.8 Å². The number of anilines is 1. The summed E-state index contributed by atoms with van der Waals surface area (Å²) >= 11 is 15.1. The van der Waals surface area contributed by atoms with E-state index < -0.39 is 0 Å². The fourth-order valence-corrected chi connectivity index (χ4v) is 5.53. The number of benzene rings is 2. The molecule has 8 heteroatoms. The van der Waals surface area contributed by atoms with Crippen molar-refractivity contribution in [2.75, 3.05) is 11.9 Å². The molecular formula is C21H16Cl2N2O2S2. The summed E-state index contributed by atoms with van der Waals surface area (Å²) in [5.41, 5.74) is 3.03. The summed E-state index contributed by atoms with van der Waals surface area (Å²) in [5, 5.41) is 5.51. The van der Waals surface area contributed by atoms with Crippen molar-refractivity contribution in [2.45, 2.75) is 13.8 Å². The van der Waals surface area contributed by atoms with E-state index in [1.165, 1.54) is 11.3 Å². The normalized spacial score (nSPS) is 11.0. The molecule has 1 N–H and O–H groups in total. The first-order chi connectivity index (χ1) is 13.9. The number of rotatable bonds is 5. The van der Waals surface area contributed by atoms with Crippen LogP contribution in [-0.4, -0.2) is 17.5 Å². The molecule has 2 heterocycles. The van der Waals surface area contributed by atoms with Crippen LogP contribution in [0.3, 0.4) is 0 Å². The standard InChI is InChI=1S/C21H16Cl2N2O2S2/c1-11-12(2)28-21(19(11)20-24-15-5-3-4-6-17(15)29-20)25-18(26)10-27-16-8-7-13(22)9-14(16)23/h3-9H,10H2,1-2H3,(H,25,26). The number of fused-ring (bicyclic) bond motifs is 1. The summed E-state index contributed by atoms with van der Waals surface area (Å²) in [4.78, 5) is 18.4. The smallest absolute Gasteiger partial charge is 0.262 e. The monoisotopic (exact) mass is 462 g/mol. The van der Waals surface area contributed by atoms with Gasteiger partial charge in [0, 0.05) is 15.5 Å². The van der Waals surface area contributed by atoms with E-state index in [4.69, 9.17) is 32.9 Å². The Labute approximate surface area is 186 Å². The SMILES string of the molecule is Cc1sc(NC(=O)COc2ccc(Cl)cc2Cl)c(-c2nc3ccccc3s2)c1C. The lowest BCUT2D eigenvalue weighted by Gasteiger charge is -2.09. The Hall–Kier alpha value is -2.12. The Morgan fingerprint density at radius 1 is 1.14 bits per heavy atom. The molecule has 0 saturated heterocycles. The van der Waals surface area contributed by atoms with Crippen LogP contribution in [-0.2, 0) is 4.79 Å². The highest BCUT2D eigenvalue weighted by Gasteiger charge is 2.20. The average Bonchev–Trinajstić information content (AvgIpc) is 3.21. The summed E-state index contributed by atoms with van der Waals surface area (Å²) in [6, 6.07) is 12.9. The van der Waals surface area contributed by atoms with Crippen molar-refractivity contribution < 1.29 is 9.53 Å². The van der Waals surface area contributed by atoms with Gasteiger partial charge in [0.05, 0.1) is 15.2 Å². The van der Waals surface area contributed by atoms with Gasteiger partial charge in [0.2, 0.25) is 0 Å². The van der Waals surface area contributed by atoms with Crippen molar-refractivity contribution in [3.63, 3.8) is 0 Å². The molecular weight excluding hydrogens is 447 g/mol. The van der Waals surface area contributed by atoms with E-state index in [9.17, 15) is 4.79 Å². The number of para-hydroxylation sites is 1. The number of thiazole rings is 1. The van der Waals surface area contributed by atoms with Crippen LogP contribution in [0.25, 0.3) is 20.8 Å². The van der Waals surface area contributed by atoms with Gasteiger partial charge < -0.3 is 10.1 Å². The van der Waals surface area contributed by atoms with Crippen LogP contribution >= 0.6 is 45.9 Å². The number of hydrogen-bond donors (Lipinski definition) is 1. The molecule has 148 valence electrons. The number of amides is 1. The summed E-state index contributed by atoms with van der Waals surface area (Å²) < 4.78 is 6.66. The molecule has 0 fully saturated rings. The molecule has 0 radical (unpaired) electrons. The average molecular weight is 463 g/mol. The molecule has 0 bridgehead atoms. The minimum Gasteiger partial charge on any atom is -0.482 e. The molecule has 0 atom stereocenters. The lowest BCUT2D eigenvalue weighted by atomic mass is 10.1. The number of hydrogen-bond acceptors (Lipinski definition) is 5. The van der Waals surface area contributed by atoms with Gasteiger partial charge in [-0.05, 0) is 49.7 Å².